The Labute approximate surface area is 171 Å². The maximum atomic E-state index is 13.3. The molecule has 8 heteroatoms. The molecule has 0 spiro atoms. The molecule has 0 atom stereocenters. The molecule has 1 fully saturated rings. The van der Waals surface area contributed by atoms with Crippen molar-refractivity contribution in [3.63, 3.8) is 0 Å². The van der Waals surface area contributed by atoms with Gasteiger partial charge in [0.15, 0.2) is 11.5 Å². The van der Waals surface area contributed by atoms with Gasteiger partial charge < -0.3 is 15.0 Å². The Morgan fingerprint density at radius 3 is 2.76 bits per heavy atom. The minimum absolute atomic E-state index is 0.0977. The molecule has 4 aromatic rings. The fourth-order valence-corrected chi connectivity index (χ4v) is 5.01. The highest BCUT2D eigenvalue weighted by Gasteiger charge is 2.18. The summed E-state index contributed by atoms with van der Waals surface area (Å²) in [5.74, 6) is 0.730. The van der Waals surface area contributed by atoms with Crippen LogP contribution in [0.4, 0.5) is 5.82 Å². The Bertz CT molecular complexity index is 1270. The van der Waals surface area contributed by atoms with Crippen molar-refractivity contribution < 1.29 is 9.64 Å². The molecule has 150 valence electrons. The number of benzene rings is 1. The molecule has 1 aromatic carbocycles. The molecule has 2 N–H and O–H groups in total. The summed E-state index contributed by atoms with van der Waals surface area (Å²) in [7, 11) is 0. The van der Waals surface area contributed by atoms with Crippen LogP contribution in [0.2, 0.25) is 0 Å². The zero-order valence-corrected chi connectivity index (χ0v) is 17.4. The summed E-state index contributed by atoms with van der Waals surface area (Å²) in [5.41, 5.74) is 1.51. The van der Waals surface area contributed by atoms with Crippen LogP contribution >= 0.6 is 11.3 Å². The van der Waals surface area contributed by atoms with E-state index in [4.69, 9.17) is 9.72 Å². The lowest BCUT2D eigenvalue weighted by Crippen LogP contribution is -3.14. The molecule has 0 radical (unpaired) electrons. The first-order valence-electron chi connectivity index (χ1n) is 10.00. The van der Waals surface area contributed by atoms with E-state index in [1.165, 1.54) is 9.42 Å². The zero-order valence-electron chi connectivity index (χ0n) is 16.6. The Kier molecular flexibility index (Phi) is 4.69. The predicted octanol–water partition coefficient (Wildman–Crippen LogP) is 1.40. The standard InChI is InChI=1S/C21H23N5O2S/c1-13-14(2)29-20-17(13)21(27)26-19(23-20)16-6-4-3-5-15(16)18(24-26)22-7-8-25-9-11-28-12-10-25/h3-6H,7-12H2,1-2H3,(H,22,24)/p+1. The van der Waals surface area contributed by atoms with Crippen LogP contribution in [0, 0.1) is 13.8 Å². The second-order valence-electron chi connectivity index (χ2n) is 7.55. The second kappa shape index (κ2) is 7.37. The molecule has 0 bridgehead atoms. The second-order valence-corrected chi connectivity index (χ2v) is 8.75. The Morgan fingerprint density at radius 2 is 1.97 bits per heavy atom. The quantitative estimate of drug-likeness (QED) is 0.498. The van der Waals surface area contributed by atoms with Crippen LogP contribution in [0.5, 0.6) is 0 Å². The number of aromatic nitrogens is 3. The van der Waals surface area contributed by atoms with E-state index < -0.39 is 0 Å². The number of hydrogen-bond acceptors (Lipinski definition) is 6. The zero-order chi connectivity index (χ0) is 20.0. The van der Waals surface area contributed by atoms with E-state index in [9.17, 15) is 4.79 Å². The largest absolute Gasteiger partial charge is 0.370 e. The third kappa shape index (κ3) is 3.17. The van der Waals surface area contributed by atoms with Gasteiger partial charge in [-0.2, -0.15) is 4.52 Å². The number of rotatable bonds is 4. The van der Waals surface area contributed by atoms with Crippen LogP contribution in [-0.4, -0.2) is 54.0 Å². The molecule has 0 unspecified atom stereocenters. The van der Waals surface area contributed by atoms with Gasteiger partial charge in [0.2, 0.25) is 0 Å². The fraction of sp³-hybridized carbons (Fsp3) is 0.381. The minimum Gasteiger partial charge on any atom is -0.370 e. The average Bonchev–Trinajstić information content (AvgIpc) is 3.03. The summed E-state index contributed by atoms with van der Waals surface area (Å²) in [5, 5.41) is 10.8. The van der Waals surface area contributed by atoms with Crippen molar-refractivity contribution in [3.05, 3.63) is 45.1 Å². The third-order valence-corrected chi connectivity index (χ3v) is 6.88. The van der Waals surface area contributed by atoms with Gasteiger partial charge in [0.1, 0.15) is 17.9 Å². The van der Waals surface area contributed by atoms with Crippen LogP contribution in [0.3, 0.4) is 0 Å². The van der Waals surface area contributed by atoms with E-state index in [0.29, 0.717) is 11.0 Å². The number of hydrogen-bond donors (Lipinski definition) is 2. The van der Waals surface area contributed by atoms with E-state index in [1.807, 2.05) is 38.1 Å². The molecule has 0 aliphatic carbocycles. The first kappa shape index (κ1) is 18.5. The molecular weight excluding hydrogens is 386 g/mol. The number of nitrogens with zero attached hydrogens (tertiary/aromatic N) is 3. The van der Waals surface area contributed by atoms with Crippen LogP contribution in [-0.2, 0) is 4.74 Å². The highest BCUT2D eigenvalue weighted by molar-refractivity contribution is 7.18. The summed E-state index contributed by atoms with van der Waals surface area (Å²) in [6, 6.07) is 8.02. The molecule has 7 nitrogen and oxygen atoms in total. The average molecular weight is 411 g/mol. The number of thiophene rings is 1. The third-order valence-electron chi connectivity index (χ3n) is 5.78. The Morgan fingerprint density at radius 1 is 1.21 bits per heavy atom. The molecule has 0 saturated carbocycles. The lowest BCUT2D eigenvalue weighted by molar-refractivity contribution is -0.906. The lowest BCUT2D eigenvalue weighted by atomic mass is 10.1. The van der Waals surface area contributed by atoms with Crippen molar-refractivity contribution in [1.29, 1.82) is 0 Å². The summed E-state index contributed by atoms with van der Waals surface area (Å²) >= 11 is 1.57. The van der Waals surface area contributed by atoms with Crippen molar-refractivity contribution in [1.82, 2.24) is 14.6 Å². The fourth-order valence-electron chi connectivity index (χ4n) is 3.99. The van der Waals surface area contributed by atoms with E-state index in [1.54, 1.807) is 11.3 Å². The van der Waals surface area contributed by atoms with Gasteiger partial charge in [-0.3, -0.25) is 4.79 Å². The summed E-state index contributed by atoms with van der Waals surface area (Å²) in [4.78, 5) is 21.5. The minimum atomic E-state index is -0.0977. The van der Waals surface area contributed by atoms with Crippen LogP contribution in [0.25, 0.3) is 26.6 Å². The molecule has 4 heterocycles. The van der Waals surface area contributed by atoms with Gasteiger partial charge in [-0.25, -0.2) is 4.98 Å². The predicted molar refractivity (Wildman–Crippen MR) is 116 cm³/mol. The van der Waals surface area contributed by atoms with E-state index in [2.05, 4.69) is 10.4 Å². The lowest BCUT2D eigenvalue weighted by Gasteiger charge is -2.23. The number of morpholine rings is 1. The number of anilines is 1. The summed E-state index contributed by atoms with van der Waals surface area (Å²) in [6.07, 6.45) is 0. The number of nitrogens with one attached hydrogen (secondary N) is 2. The van der Waals surface area contributed by atoms with Crippen LogP contribution in [0.15, 0.2) is 29.1 Å². The maximum absolute atomic E-state index is 13.3. The summed E-state index contributed by atoms with van der Waals surface area (Å²) in [6.45, 7) is 9.51. The van der Waals surface area contributed by atoms with Crippen molar-refractivity contribution in [2.75, 3.05) is 44.7 Å². The molecule has 1 aliphatic heterocycles. The Hall–Kier alpha value is -2.55. The SMILES string of the molecule is Cc1sc2nc3c4ccccc4c(NCC[NH+]4CCOCC4)nn3c(=O)c2c1C. The van der Waals surface area contributed by atoms with Gasteiger partial charge in [-0.1, -0.05) is 24.3 Å². The smallest absolute Gasteiger partial charge is 0.283 e. The molecule has 1 aliphatic rings. The molecule has 0 amide bonds. The van der Waals surface area contributed by atoms with Gasteiger partial charge in [-0.05, 0) is 19.4 Å². The van der Waals surface area contributed by atoms with E-state index in [0.717, 1.165) is 71.3 Å². The van der Waals surface area contributed by atoms with Gasteiger partial charge >= 0.3 is 0 Å². The number of aryl methyl sites for hydroxylation is 2. The summed E-state index contributed by atoms with van der Waals surface area (Å²) < 4.78 is 6.90. The maximum Gasteiger partial charge on any atom is 0.283 e. The number of quaternary nitrogens is 1. The molecule has 1 saturated heterocycles. The van der Waals surface area contributed by atoms with Gasteiger partial charge in [0, 0.05) is 15.6 Å². The molecule has 5 rings (SSSR count). The molecule has 3 aromatic heterocycles. The van der Waals surface area contributed by atoms with Crippen molar-refractivity contribution in [2.24, 2.45) is 0 Å². The van der Waals surface area contributed by atoms with E-state index >= 15 is 0 Å². The van der Waals surface area contributed by atoms with Crippen LogP contribution in [0.1, 0.15) is 10.4 Å². The first-order chi connectivity index (χ1) is 14.1. The van der Waals surface area contributed by atoms with Gasteiger partial charge in [0.05, 0.1) is 31.7 Å². The highest BCUT2D eigenvalue weighted by Crippen LogP contribution is 2.29. The van der Waals surface area contributed by atoms with Crippen molar-refractivity contribution in [3.8, 4) is 0 Å². The normalized spacial score (nSPS) is 15.5. The molecule has 29 heavy (non-hydrogen) atoms. The van der Waals surface area contributed by atoms with Gasteiger partial charge in [0.25, 0.3) is 5.56 Å². The first-order valence-corrected chi connectivity index (χ1v) is 10.8. The monoisotopic (exact) mass is 410 g/mol. The highest BCUT2D eigenvalue weighted by atomic mass is 32.1. The van der Waals surface area contributed by atoms with Crippen molar-refractivity contribution >= 4 is 43.8 Å². The van der Waals surface area contributed by atoms with Gasteiger partial charge in [-0.15, -0.1) is 16.4 Å². The number of ether oxygens (including phenoxy) is 1. The van der Waals surface area contributed by atoms with Crippen LogP contribution < -0.4 is 15.8 Å². The van der Waals surface area contributed by atoms with E-state index in [-0.39, 0.29) is 5.56 Å². The molecular formula is C21H24N5O2S+. The number of fused-ring (bicyclic) bond motifs is 4. The topological polar surface area (TPSA) is 73.0 Å². The Balaban J connectivity index is 1.61. The van der Waals surface area contributed by atoms with Crippen molar-refractivity contribution in [2.45, 2.75) is 13.8 Å².